The van der Waals surface area contributed by atoms with E-state index in [1.54, 1.807) is 7.05 Å². The van der Waals surface area contributed by atoms with E-state index < -0.39 is 11.8 Å². The summed E-state index contributed by atoms with van der Waals surface area (Å²) in [6.07, 6.45) is 3.88. The third-order valence-corrected chi connectivity index (χ3v) is 1.58. The summed E-state index contributed by atoms with van der Waals surface area (Å²) in [6, 6.07) is 1.02. The zero-order valence-electron chi connectivity index (χ0n) is 7.54. The summed E-state index contributed by atoms with van der Waals surface area (Å²) in [5, 5.41) is 0. The molecule has 0 spiro atoms. The van der Waals surface area contributed by atoms with E-state index in [1.807, 2.05) is 0 Å². The highest BCUT2D eigenvalue weighted by Gasteiger charge is 2.05. The maximum Gasteiger partial charge on any atom is 0.248 e. The molecule has 0 unspecified atom stereocenters. The molecule has 0 aromatic carbocycles. The van der Waals surface area contributed by atoms with Gasteiger partial charge in [-0.3, -0.25) is 4.99 Å². The lowest BCUT2D eigenvalue weighted by molar-refractivity contribution is 0.479. The van der Waals surface area contributed by atoms with Crippen molar-refractivity contribution in [1.82, 2.24) is 4.98 Å². The van der Waals surface area contributed by atoms with Crippen molar-refractivity contribution in [2.45, 2.75) is 0 Å². The molecular formula is C9H9F2N3. The van der Waals surface area contributed by atoms with E-state index in [-0.39, 0.29) is 0 Å². The first-order valence-electron chi connectivity index (χ1n) is 3.84. The van der Waals surface area contributed by atoms with E-state index >= 15 is 0 Å². The molecule has 3 nitrogen and oxygen atoms in total. The molecular weight excluding hydrogens is 188 g/mol. The van der Waals surface area contributed by atoms with E-state index in [4.69, 9.17) is 5.73 Å². The van der Waals surface area contributed by atoms with E-state index in [9.17, 15) is 8.78 Å². The SMILES string of the molecule is CN=CC(=CN)c1cnc(F)c(F)c1. The number of hydrogen-bond acceptors (Lipinski definition) is 3. The van der Waals surface area contributed by atoms with Crippen molar-refractivity contribution in [3.63, 3.8) is 0 Å². The molecule has 2 N–H and O–H groups in total. The summed E-state index contributed by atoms with van der Waals surface area (Å²) in [6.45, 7) is 0. The average molecular weight is 197 g/mol. The molecule has 1 aromatic rings. The Morgan fingerprint density at radius 2 is 2.29 bits per heavy atom. The van der Waals surface area contributed by atoms with Gasteiger partial charge >= 0.3 is 0 Å². The second-order valence-electron chi connectivity index (χ2n) is 2.51. The molecule has 0 saturated heterocycles. The molecule has 74 valence electrons. The molecule has 1 heterocycles. The molecule has 0 aliphatic heterocycles. The Bertz CT molecular complexity index is 386. The van der Waals surface area contributed by atoms with E-state index in [0.29, 0.717) is 11.1 Å². The largest absolute Gasteiger partial charge is 0.404 e. The van der Waals surface area contributed by atoms with Crippen LogP contribution in [-0.4, -0.2) is 18.2 Å². The van der Waals surface area contributed by atoms with Crippen LogP contribution < -0.4 is 5.73 Å². The lowest BCUT2D eigenvalue weighted by Gasteiger charge is -2.00. The molecule has 5 heteroatoms. The van der Waals surface area contributed by atoms with Gasteiger partial charge in [0.15, 0.2) is 5.82 Å². The van der Waals surface area contributed by atoms with Crippen molar-refractivity contribution in [3.05, 3.63) is 35.8 Å². The van der Waals surface area contributed by atoms with Crippen LogP contribution in [0.4, 0.5) is 8.78 Å². The Morgan fingerprint density at radius 3 is 2.79 bits per heavy atom. The average Bonchev–Trinajstić information content (AvgIpc) is 2.19. The van der Waals surface area contributed by atoms with E-state index in [2.05, 4.69) is 9.98 Å². The summed E-state index contributed by atoms with van der Waals surface area (Å²) < 4.78 is 25.2. The monoisotopic (exact) mass is 197 g/mol. The fourth-order valence-electron chi connectivity index (χ4n) is 0.932. The molecule has 0 atom stereocenters. The fraction of sp³-hybridized carbons (Fsp3) is 0.111. The van der Waals surface area contributed by atoms with E-state index in [0.717, 1.165) is 6.07 Å². The molecule has 1 aromatic heterocycles. The lowest BCUT2D eigenvalue weighted by Crippen LogP contribution is -1.96. The highest BCUT2D eigenvalue weighted by atomic mass is 19.2. The van der Waals surface area contributed by atoms with Gasteiger partial charge in [-0.05, 0) is 6.07 Å². The highest BCUT2D eigenvalue weighted by Crippen LogP contribution is 2.12. The van der Waals surface area contributed by atoms with Gasteiger partial charge in [0.05, 0.1) is 0 Å². The quantitative estimate of drug-likeness (QED) is 0.574. The molecule has 0 radical (unpaired) electrons. The normalized spacial score (nSPS) is 12.4. The van der Waals surface area contributed by atoms with Gasteiger partial charge in [-0.25, -0.2) is 9.37 Å². The molecule has 0 saturated carbocycles. The van der Waals surface area contributed by atoms with Crippen molar-refractivity contribution in [3.8, 4) is 0 Å². The van der Waals surface area contributed by atoms with Crippen LogP contribution in [0.5, 0.6) is 0 Å². The molecule has 0 aliphatic rings. The summed E-state index contributed by atoms with van der Waals surface area (Å²) >= 11 is 0. The Labute approximate surface area is 80.0 Å². The minimum absolute atomic E-state index is 0.386. The van der Waals surface area contributed by atoms with Crippen molar-refractivity contribution < 1.29 is 8.78 Å². The van der Waals surface area contributed by atoms with Gasteiger partial charge in [-0.15, -0.1) is 0 Å². The zero-order valence-corrected chi connectivity index (χ0v) is 7.54. The Balaban J connectivity index is 3.13. The summed E-state index contributed by atoms with van der Waals surface area (Å²) in [5.74, 6) is -2.13. The Hall–Kier alpha value is -1.78. The third-order valence-electron chi connectivity index (χ3n) is 1.58. The van der Waals surface area contributed by atoms with E-state index in [1.165, 1.54) is 18.6 Å². The predicted octanol–water partition coefficient (Wildman–Crippen LogP) is 1.36. The Morgan fingerprint density at radius 1 is 1.57 bits per heavy atom. The van der Waals surface area contributed by atoms with Crippen molar-refractivity contribution in [2.24, 2.45) is 10.7 Å². The van der Waals surface area contributed by atoms with Gasteiger partial charge in [0.1, 0.15) is 0 Å². The number of nitrogens with zero attached hydrogens (tertiary/aromatic N) is 2. The third kappa shape index (κ3) is 2.12. The summed E-state index contributed by atoms with van der Waals surface area (Å²) in [5.41, 5.74) is 6.15. The number of hydrogen-bond donors (Lipinski definition) is 1. The topological polar surface area (TPSA) is 51.3 Å². The first-order chi connectivity index (χ1) is 6.69. The summed E-state index contributed by atoms with van der Waals surface area (Å²) in [7, 11) is 1.55. The number of pyridine rings is 1. The van der Waals surface area contributed by atoms with Gasteiger partial charge in [-0.1, -0.05) is 0 Å². The van der Waals surface area contributed by atoms with Crippen molar-refractivity contribution in [2.75, 3.05) is 7.05 Å². The minimum Gasteiger partial charge on any atom is -0.404 e. The second kappa shape index (κ2) is 4.45. The van der Waals surface area contributed by atoms with Crippen LogP contribution in [0.1, 0.15) is 5.56 Å². The van der Waals surface area contributed by atoms with Crippen LogP contribution in [0.15, 0.2) is 23.5 Å². The standard InChI is InChI=1S/C9H9F2N3/c1-13-4-7(3-12)6-2-8(10)9(11)14-5-6/h2-5H,12H2,1H3. The van der Waals surface area contributed by atoms with Crippen LogP contribution >= 0.6 is 0 Å². The number of allylic oxidation sites excluding steroid dienone is 1. The molecule has 0 bridgehead atoms. The summed E-state index contributed by atoms with van der Waals surface area (Å²) in [4.78, 5) is 6.95. The number of nitrogens with two attached hydrogens (primary N) is 1. The molecule has 0 aliphatic carbocycles. The maximum atomic E-state index is 12.8. The van der Waals surface area contributed by atoms with Gasteiger partial charge in [0.25, 0.3) is 0 Å². The number of aliphatic imine (C=N–C) groups is 1. The molecule has 0 fully saturated rings. The van der Waals surface area contributed by atoms with Crippen LogP contribution in [0.3, 0.4) is 0 Å². The molecule has 0 amide bonds. The smallest absolute Gasteiger partial charge is 0.248 e. The second-order valence-corrected chi connectivity index (χ2v) is 2.51. The highest BCUT2D eigenvalue weighted by molar-refractivity contribution is 6.09. The van der Waals surface area contributed by atoms with Crippen LogP contribution in [0.2, 0.25) is 0 Å². The van der Waals surface area contributed by atoms with Crippen molar-refractivity contribution in [1.29, 1.82) is 0 Å². The van der Waals surface area contributed by atoms with Crippen LogP contribution in [0.25, 0.3) is 5.57 Å². The van der Waals surface area contributed by atoms with Crippen molar-refractivity contribution >= 4 is 11.8 Å². The van der Waals surface area contributed by atoms with Gasteiger partial charge in [0.2, 0.25) is 5.95 Å². The predicted molar refractivity (Wildman–Crippen MR) is 50.7 cm³/mol. The molecule has 14 heavy (non-hydrogen) atoms. The van der Waals surface area contributed by atoms with Gasteiger partial charge < -0.3 is 5.73 Å². The molecule has 1 rings (SSSR count). The van der Waals surface area contributed by atoms with Gasteiger partial charge in [0, 0.05) is 36.8 Å². The minimum atomic E-state index is -1.13. The lowest BCUT2D eigenvalue weighted by atomic mass is 10.1. The van der Waals surface area contributed by atoms with Crippen LogP contribution in [0, 0.1) is 11.8 Å². The number of aromatic nitrogens is 1. The van der Waals surface area contributed by atoms with Crippen LogP contribution in [-0.2, 0) is 0 Å². The fourth-order valence-corrected chi connectivity index (χ4v) is 0.932. The first kappa shape index (κ1) is 10.3. The van der Waals surface area contributed by atoms with Gasteiger partial charge in [-0.2, -0.15) is 4.39 Å². The Kier molecular flexibility index (Phi) is 3.28. The number of halogens is 2. The maximum absolute atomic E-state index is 12.8. The first-order valence-corrected chi connectivity index (χ1v) is 3.84. The zero-order chi connectivity index (χ0) is 10.6. The number of rotatable bonds is 2.